The predicted molar refractivity (Wildman–Crippen MR) is 185 cm³/mol. The summed E-state index contributed by atoms with van der Waals surface area (Å²) < 4.78 is 7.88. The van der Waals surface area contributed by atoms with Crippen molar-refractivity contribution in [1.82, 2.24) is 20.0 Å². The number of alkyl carbamates (subject to hydrolysis) is 1. The first-order chi connectivity index (χ1) is 22.4. The van der Waals surface area contributed by atoms with E-state index >= 15 is 0 Å². The summed E-state index contributed by atoms with van der Waals surface area (Å²) in [6.45, 7) is 5.67. The maximum atomic E-state index is 13.9. The molecule has 0 spiro atoms. The zero-order valence-corrected chi connectivity index (χ0v) is 28.9. The van der Waals surface area contributed by atoms with E-state index in [0.717, 1.165) is 22.9 Å². The highest BCUT2D eigenvalue weighted by atomic mass is 79.9. The maximum absolute atomic E-state index is 13.9. The highest BCUT2D eigenvalue weighted by molar-refractivity contribution is 9.10. The van der Waals surface area contributed by atoms with Gasteiger partial charge in [0.25, 0.3) is 5.91 Å². The van der Waals surface area contributed by atoms with Gasteiger partial charge < -0.3 is 25.4 Å². The van der Waals surface area contributed by atoms with Gasteiger partial charge in [-0.2, -0.15) is 5.10 Å². The van der Waals surface area contributed by atoms with E-state index < -0.39 is 23.8 Å². The first-order valence-corrected chi connectivity index (χ1v) is 16.8. The number of anilines is 1. The van der Waals surface area contributed by atoms with E-state index in [1.54, 1.807) is 92.1 Å². The van der Waals surface area contributed by atoms with Crippen molar-refractivity contribution in [3.8, 4) is 28.8 Å². The molecular weight excluding hydrogens is 682 g/mol. The van der Waals surface area contributed by atoms with Gasteiger partial charge in [0.2, 0.25) is 5.91 Å². The third-order valence-electron chi connectivity index (χ3n) is 7.36. The number of carbonyl (C=O) groups excluding carboxylic acids is 3. The minimum atomic E-state index is -0.969. The summed E-state index contributed by atoms with van der Waals surface area (Å²) in [6.07, 6.45) is 3.16. The fourth-order valence-electron chi connectivity index (χ4n) is 5.25. The number of hydrogen-bond donors (Lipinski definition) is 3. The van der Waals surface area contributed by atoms with Crippen LogP contribution in [0.5, 0.6) is 5.75 Å². The number of phenolic OH excluding ortho intramolecular Hbond substituents is 1. The largest absolute Gasteiger partial charge is 0.507 e. The fourth-order valence-corrected chi connectivity index (χ4v) is 6.38. The molecule has 0 aliphatic carbocycles. The van der Waals surface area contributed by atoms with Crippen molar-refractivity contribution in [2.24, 2.45) is 7.05 Å². The molecule has 12 heteroatoms. The zero-order chi connectivity index (χ0) is 33.7. The molecule has 10 nitrogen and oxygen atoms in total. The van der Waals surface area contributed by atoms with Crippen LogP contribution in [0.3, 0.4) is 0 Å². The monoisotopic (exact) mass is 717 g/mol. The number of piperidine rings is 1. The summed E-state index contributed by atoms with van der Waals surface area (Å²) in [5, 5.41) is 22.4. The minimum Gasteiger partial charge on any atom is -0.507 e. The van der Waals surface area contributed by atoms with E-state index in [9.17, 15) is 19.5 Å². The van der Waals surface area contributed by atoms with E-state index in [4.69, 9.17) is 4.74 Å². The van der Waals surface area contributed by atoms with Crippen LogP contribution < -0.4 is 10.6 Å². The molecule has 3 amide bonds. The predicted octanol–water partition coefficient (Wildman–Crippen LogP) is 6.60. The molecule has 0 bridgehead atoms. The number of aromatic nitrogens is 2. The summed E-state index contributed by atoms with van der Waals surface area (Å²) in [5.41, 5.74) is 2.35. The van der Waals surface area contributed by atoms with Crippen molar-refractivity contribution in [2.75, 3.05) is 11.9 Å². The van der Waals surface area contributed by atoms with E-state index in [2.05, 4.69) is 43.5 Å². The van der Waals surface area contributed by atoms with Gasteiger partial charge in [-0.1, -0.05) is 33.8 Å². The highest BCUT2D eigenvalue weighted by Gasteiger charge is 2.37. The van der Waals surface area contributed by atoms with Crippen LogP contribution in [-0.2, 0) is 21.4 Å². The number of nitrogens with zero attached hydrogens (tertiary/aromatic N) is 3. The third kappa shape index (κ3) is 8.61. The summed E-state index contributed by atoms with van der Waals surface area (Å²) in [4.78, 5) is 42.3. The molecule has 47 heavy (non-hydrogen) atoms. The standard InChI is InChI=1S/C35H36BrN5O5S/c1-35(2,3)46-34(45)38-31(29-9-7-19-47-29)33(44)41-18-6-5-8-27(41)32(43)37-25-15-11-22(12-16-25)10-13-23-21-40(4)39-30(23)26-20-24(36)14-17-28(26)42/h7,9,11-12,14-17,19-21,27,31,42H,5-6,8,18H2,1-4H3,(H,37,43)(H,38,45)/t27-,31+/m0/s1. The van der Waals surface area contributed by atoms with Gasteiger partial charge in [0.05, 0.1) is 5.56 Å². The molecule has 0 unspecified atom stereocenters. The van der Waals surface area contributed by atoms with Gasteiger partial charge in [-0.3, -0.25) is 14.3 Å². The zero-order valence-electron chi connectivity index (χ0n) is 26.5. The lowest BCUT2D eigenvalue weighted by Gasteiger charge is -2.37. The number of hydrogen-bond acceptors (Lipinski definition) is 7. The number of thiophene rings is 1. The van der Waals surface area contributed by atoms with Gasteiger partial charge in [0.15, 0.2) is 0 Å². The van der Waals surface area contributed by atoms with E-state index in [0.29, 0.717) is 40.4 Å². The summed E-state index contributed by atoms with van der Waals surface area (Å²) >= 11 is 4.80. The van der Waals surface area contributed by atoms with Crippen molar-refractivity contribution in [3.63, 3.8) is 0 Å². The number of ether oxygens (including phenoxy) is 1. The van der Waals surface area contributed by atoms with Gasteiger partial charge in [-0.05, 0) is 93.9 Å². The van der Waals surface area contributed by atoms with E-state index in [-0.39, 0.29) is 17.6 Å². The molecule has 2 aromatic carbocycles. The maximum Gasteiger partial charge on any atom is 0.408 e. The number of likely N-dealkylation sites (tertiary alicyclic amines) is 1. The fraction of sp³-hybridized carbons (Fsp3) is 0.314. The molecule has 244 valence electrons. The number of aryl methyl sites for hydroxylation is 1. The molecule has 0 radical (unpaired) electrons. The molecule has 3 N–H and O–H groups in total. The average molecular weight is 719 g/mol. The Balaban J connectivity index is 1.29. The molecule has 1 aliphatic heterocycles. The molecule has 2 atom stereocenters. The molecule has 1 aliphatic rings. The van der Waals surface area contributed by atoms with Crippen LogP contribution >= 0.6 is 27.3 Å². The molecule has 3 heterocycles. The molecule has 2 aromatic heterocycles. The number of phenols is 1. The smallest absolute Gasteiger partial charge is 0.408 e. The van der Waals surface area contributed by atoms with E-state index in [1.807, 2.05) is 11.4 Å². The number of aromatic hydroxyl groups is 1. The van der Waals surface area contributed by atoms with Crippen LogP contribution in [0.1, 0.15) is 62.1 Å². The molecule has 5 rings (SSSR count). The Kier molecular flexibility index (Phi) is 10.4. The van der Waals surface area contributed by atoms with Gasteiger partial charge in [0.1, 0.15) is 29.1 Å². The number of amides is 3. The topological polar surface area (TPSA) is 126 Å². The van der Waals surface area contributed by atoms with Crippen LogP contribution in [0, 0.1) is 11.8 Å². The lowest BCUT2D eigenvalue weighted by atomic mass is 9.99. The summed E-state index contributed by atoms with van der Waals surface area (Å²) in [7, 11) is 1.79. The van der Waals surface area contributed by atoms with Crippen molar-refractivity contribution in [1.29, 1.82) is 0 Å². The number of benzene rings is 2. The number of rotatable bonds is 6. The van der Waals surface area contributed by atoms with Crippen molar-refractivity contribution >= 4 is 50.9 Å². The van der Waals surface area contributed by atoms with Crippen LogP contribution in [0.4, 0.5) is 10.5 Å². The second kappa shape index (κ2) is 14.4. The summed E-state index contributed by atoms with van der Waals surface area (Å²) in [6, 6.07) is 14.2. The van der Waals surface area contributed by atoms with Crippen LogP contribution in [-0.4, -0.2) is 55.9 Å². The van der Waals surface area contributed by atoms with Gasteiger partial charge in [-0.25, -0.2) is 4.79 Å². The summed E-state index contributed by atoms with van der Waals surface area (Å²) in [5.74, 6) is 5.73. The Morgan fingerprint density at radius 3 is 2.57 bits per heavy atom. The number of carbonyl (C=O) groups is 3. The normalized spacial score (nSPS) is 15.3. The molecule has 4 aromatic rings. The van der Waals surface area contributed by atoms with Gasteiger partial charge in [-0.15, -0.1) is 11.3 Å². The first kappa shape index (κ1) is 33.8. The Bertz CT molecular complexity index is 1820. The Hall–Kier alpha value is -4.60. The molecular formula is C35H36BrN5O5S. The Labute approximate surface area is 286 Å². The Morgan fingerprint density at radius 1 is 1.11 bits per heavy atom. The van der Waals surface area contributed by atoms with Crippen LogP contribution in [0.2, 0.25) is 0 Å². The third-order valence-corrected chi connectivity index (χ3v) is 8.79. The van der Waals surface area contributed by atoms with E-state index in [1.165, 1.54) is 11.3 Å². The number of halogens is 1. The quantitative estimate of drug-likeness (QED) is 0.193. The number of nitrogens with one attached hydrogen (secondary N) is 2. The van der Waals surface area contributed by atoms with Gasteiger partial charge in [0, 0.05) is 46.0 Å². The molecule has 1 saturated heterocycles. The lowest BCUT2D eigenvalue weighted by molar-refractivity contribution is -0.142. The lowest BCUT2D eigenvalue weighted by Crippen LogP contribution is -2.53. The average Bonchev–Trinajstić information content (AvgIpc) is 3.69. The highest BCUT2D eigenvalue weighted by Crippen LogP contribution is 2.33. The van der Waals surface area contributed by atoms with Crippen molar-refractivity contribution in [3.05, 3.63) is 86.7 Å². The second-order valence-electron chi connectivity index (χ2n) is 12.2. The van der Waals surface area contributed by atoms with Crippen molar-refractivity contribution in [2.45, 2.75) is 57.7 Å². The molecule has 0 saturated carbocycles. The Morgan fingerprint density at radius 2 is 1.87 bits per heavy atom. The van der Waals surface area contributed by atoms with Crippen LogP contribution in [0.25, 0.3) is 11.3 Å². The van der Waals surface area contributed by atoms with Crippen molar-refractivity contribution < 1.29 is 24.2 Å². The minimum absolute atomic E-state index is 0.106. The molecule has 1 fully saturated rings. The first-order valence-electron chi connectivity index (χ1n) is 15.2. The van der Waals surface area contributed by atoms with Crippen LogP contribution in [0.15, 0.2) is 70.6 Å². The SMILES string of the molecule is Cn1cc(C#Cc2ccc(NC(=O)[C@@H]3CCCCN3C(=O)[C@H](NC(=O)OC(C)(C)C)c3cccs3)cc2)c(-c2cc(Br)ccc2O)n1. The second-order valence-corrected chi connectivity index (χ2v) is 14.1. The van der Waals surface area contributed by atoms with Gasteiger partial charge >= 0.3 is 6.09 Å².